The molecule has 1 amide bonds. The first-order valence-corrected chi connectivity index (χ1v) is 6.78. The van der Waals surface area contributed by atoms with Crippen LogP contribution in [0.2, 0.25) is 0 Å². The summed E-state index contributed by atoms with van der Waals surface area (Å²) in [5.74, 6) is 1.13. The number of aryl methyl sites for hydroxylation is 1. The zero-order chi connectivity index (χ0) is 13.8. The molecule has 2 heterocycles. The van der Waals surface area contributed by atoms with Crippen LogP contribution in [0.1, 0.15) is 24.6 Å². The predicted molar refractivity (Wildman–Crippen MR) is 75.9 cm³/mol. The number of nitrogens with zero attached hydrogens (tertiary/aromatic N) is 3. The molecule has 0 saturated carbocycles. The third-order valence-corrected chi connectivity index (χ3v) is 3.50. The summed E-state index contributed by atoms with van der Waals surface area (Å²) in [7, 11) is 0. The predicted octanol–water partition coefficient (Wildman–Crippen LogP) is 0.907. The quantitative estimate of drug-likeness (QED) is 0.860. The van der Waals surface area contributed by atoms with Crippen LogP contribution in [-0.2, 0) is 11.3 Å². The molecule has 0 unspecified atom stereocenters. The molecule has 5 heteroatoms. The van der Waals surface area contributed by atoms with Crippen molar-refractivity contribution in [3.63, 3.8) is 0 Å². The third-order valence-electron chi connectivity index (χ3n) is 3.50. The summed E-state index contributed by atoms with van der Waals surface area (Å²) in [6.45, 7) is 7.52. The number of carbonyl (C=O) groups is 1. The first-order chi connectivity index (χ1) is 9.10. The molecular weight excluding hydrogens is 240 g/mol. The lowest BCUT2D eigenvalue weighted by Crippen LogP contribution is -2.34. The van der Waals surface area contributed by atoms with E-state index in [1.165, 1.54) is 0 Å². The van der Waals surface area contributed by atoms with Crippen molar-refractivity contribution in [2.45, 2.75) is 26.8 Å². The van der Waals surface area contributed by atoms with E-state index in [4.69, 9.17) is 5.73 Å². The van der Waals surface area contributed by atoms with Gasteiger partial charge in [0.2, 0.25) is 5.91 Å². The first kappa shape index (κ1) is 13.8. The van der Waals surface area contributed by atoms with Crippen LogP contribution < -0.4 is 10.6 Å². The van der Waals surface area contributed by atoms with Gasteiger partial charge >= 0.3 is 0 Å². The van der Waals surface area contributed by atoms with Gasteiger partial charge in [-0.15, -0.1) is 0 Å². The Morgan fingerprint density at radius 2 is 2.11 bits per heavy atom. The Morgan fingerprint density at radius 1 is 1.32 bits per heavy atom. The van der Waals surface area contributed by atoms with Gasteiger partial charge < -0.3 is 15.5 Å². The minimum Gasteiger partial charge on any atom is -0.355 e. The van der Waals surface area contributed by atoms with Crippen LogP contribution in [0.3, 0.4) is 0 Å². The van der Waals surface area contributed by atoms with Crippen molar-refractivity contribution >= 4 is 11.7 Å². The smallest absolute Gasteiger partial charge is 0.219 e. The van der Waals surface area contributed by atoms with Gasteiger partial charge in [0.05, 0.1) is 0 Å². The van der Waals surface area contributed by atoms with Crippen LogP contribution in [0.4, 0.5) is 5.82 Å². The van der Waals surface area contributed by atoms with Crippen molar-refractivity contribution in [3.8, 4) is 0 Å². The van der Waals surface area contributed by atoms with Crippen LogP contribution >= 0.6 is 0 Å². The van der Waals surface area contributed by atoms with Crippen LogP contribution in [-0.4, -0.2) is 42.0 Å². The number of rotatable bonds is 2. The minimum absolute atomic E-state index is 0.154. The van der Waals surface area contributed by atoms with E-state index in [1.807, 2.05) is 17.9 Å². The Kier molecular flexibility index (Phi) is 4.37. The Bertz CT molecular complexity index is 461. The highest BCUT2D eigenvalue weighted by molar-refractivity contribution is 5.73. The molecule has 0 bridgehead atoms. The molecule has 1 aliphatic rings. The molecule has 0 radical (unpaired) electrons. The summed E-state index contributed by atoms with van der Waals surface area (Å²) < 4.78 is 0. The Hall–Kier alpha value is -1.62. The maximum absolute atomic E-state index is 11.4. The highest BCUT2D eigenvalue weighted by Gasteiger charge is 2.17. The maximum Gasteiger partial charge on any atom is 0.219 e. The number of anilines is 1. The third kappa shape index (κ3) is 3.44. The summed E-state index contributed by atoms with van der Waals surface area (Å²) in [5, 5.41) is 0. The fourth-order valence-corrected chi connectivity index (χ4v) is 2.46. The average Bonchev–Trinajstić information content (AvgIpc) is 2.63. The summed E-state index contributed by atoms with van der Waals surface area (Å²) in [4.78, 5) is 20.2. The second kappa shape index (κ2) is 6.02. The fraction of sp³-hybridized carbons (Fsp3) is 0.571. The van der Waals surface area contributed by atoms with Crippen molar-refractivity contribution in [1.29, 1.82) is 0 Å². The lowest BCUT2D eigenvalue weighted by molar-refractivity contribution is -0.128. The average molecular weight is 262 g/mol. The monoisotopic (exact) mass is 262 g/mol. The second-order valence-electron chi connectivity index (χ2n) is 5.03. The number of carbonyl (C=O) groups excluding carboxylic acids is 1. The maximum atomic E-state index is 11.4. The van der Waals surface area contributed by atoms with Crippen molar-refractivity contribution < 1.29 is 4.79 Å². The van der Waals surface area contributed by atoms with Gasteiger partial charge in [0.25, 0.3) is 0 Å². The van der Waals surface area contributed by atoms with Gasteiger partial charge in [0, 0.05) is 45.3 Å². The molecule has 104 valence electrons. The summed E-state index contributed by atoms with van der Waals surface area (Å²) in [5.41, 5.74) is 7.81. The topological polar surface area (TPSA) is 62.5 Å². The molecule has 1 aliphatic heterocycles. The lowest BCUT2D eigenvalue weighted by atomic mass is 10.2. The van der Waals surface area contributed by atoms with E-state index in [-0.39, 0.29) is 5.91 Å². The highest BCUT2D eigenvalue weighted by atomic mass is 16.2. The minimum atomic E-state index is 0.154. The Balaban J connectivity index is 2.13. The normalized spacial score (nSPS) is 16.4. The fourth-order valence-electron chi connectivity index (χ4n) is 2.46. The number of hydrogen-bond donors (Lipinski definition) is 1. The Morgan fingerprint density at radius 3 is 2.79 bits per heavy atom. The highest BCUT2D eigenvalue weighted by Crippen LogP contribution is 2.17. The van der Waals surface area contributed by atoms with E-state index in [0.29, 0.717) is 6.54 Å². The molecule has 1 fully saturated rings. The second-order valence-corrected chi connectivity index (χ2v) is 5.03. The van der Waals surface area contributed by atoms with Gasteiger partial charge in [-0.25, -0.2) is 4.98 Å². The van der Waals surface area contributed by atoms with Crippen LogP contribution in [0.15, 0.2) is 12.1 Å². The van der Waals surface area contributed by atoms with Gasteiger partial charge in [0.1, 0.15) is 5.82 Å². The molecule has 2 N–H and O–H groups in total. The van der Waals surface area contributed by atoms with E-state index < -0.39 is 0 Å². The van der Waals surface area contributed by atoms with Crippen molar-refractivity contribution in [3.05, 3.63) is 23.4 Å². The molecule has 0 atom stereocenters. The molecule has 1 saturated heterocycles. The summed E-state index contributed by atoms with van der Waals surface area (Å²) >= 11 is 0. The zero-order valence-corrected chi connectivity index (χ0v) is 11.7. The van der Waals surface area contributed by atoms with E-state index in [2.05, 4.69) is 16.0 Å². The lowest BCUT2D eigenvalue weighted by Gasteiger charge is -2.23. The molecule has 1 aromatic rings. The van der Waals surface area contributed by atoms with E-state index in [9.17, 15) is 4.79 Å². The van der Waals surface area contributed by atoms with Gasteiger partial charge in [-0.1, -0.05) is 0 Å². The van der Waals surface area contributed by atoms with E-state index >= 15 is 0 Å². The van der Waals surface area contributed by atoms with Crippen molar-refractivity contribution in [2.24, 2.45) is 5.73 Å². The standard InChI is InChI=1S/C14H22N4O/c1-11-8-13(10-15)9-14(16-11)18-5-3-4-17(6-7-18)12(2)19/h8-9H,3-7,10,15H2,1-2H3. The number of hydrogen-bond acceptors (Lipinski definition) is 4. The molecule has 1 aromatic heterocycles. The Labute approximate surface area is 114 Å². The SMILES string of the molecule is CC(=O)N1CCCN(c2cc(CN)cc(C)n2)CC1. The molecule has 19 heavy (non-hydrogen) atoms. The summed E-state index contributed by atoms with van der Waals surface area (Å²) in [6.07, 6.45) is 0.979. The van der Waals surface area contributed by atoms with Gasteiger partial charge in [-0.3, -0.25) is 4.79 Å². The van der Waals surface area contributed by atoms with Crippen LogP contribution in [0, 0.1) is 6.92 Å². The van der Waals surface area contributed by atoms with Crippen molar-refractivity contribution in [2.75, 3.05) is 31.1 Å². The van der Waals surface area contributed by atoms with E-state index in [0.717, 1.165) is 49.7 Å². The molecule has 0 aromatic carbocycles. The number of pyridine rings is 1. The largest absolute Gasteiger partial charge is 0.355 e. The van der Waals surface area contributed by atoms with Gasteiger partial charge in [-0.05, 0) is 31.0 Å². The van der Waals surface area contributed by atoms with Crippen molar-refractivity contribution in [1.82, 2.24) is 9.88 Å². The molecule has 5 nitrogen and oxygen atoms in total. The molecule has 0 aliphatic carbocycles. The van der Waals surface area contributed by atoms with Gasteiger partial charge in [-0.2, -0.15) is 0 Å². The molecule has 2 rings (SSSR count). The summed E-state index contributed by atoms with van der Waals surface area (Å²) in [6, 6.07) is 4.07. The van der Waals surface area contributed by atoms with Gasteiger partial charge in [0.15, 0.2) is 0 Å². The molecule has 0 spiro atoms. The van der Waals surface area contributed by atoms with Crippen LogP contribution in [0.25, 0.3) is 0 Å². The number of nitrogens with two attached hydrogens (primary N) is 1. The number of aromatic nitrogens is 1. The number of amides is 1. The first-order valence-electron chi connectivity index (χ1n) is 6.78. The van der Waals surface area contributed by atoms with Crippen LogP contribution in [0.5, 0.6) is 0 Å². The molecular formula is C14H22N4O. The van der Waals surface area contributed by atoms with E-state index in [1.54, 1.807) is 6.92 Å². The zero-order valence-electron chi connectivity index (χ0n) is 11.7.